The molecule has 2 aromatic heterocycles. The maximum absolute atomic E-state index is 12.2. The average molecular weight is 306 g/mol. The molecule has 22 heavy (non-hydrogen) atoms. The van der Waals surface area contributed by atoms with Crippen molar-refractivity contribution in [3.63, 3.8) is 0 Å². The second kappa shape index (κ2) is 4.12. The third kappa shape index (κ3) is 1.34. The number of carbonyl (C=O) groups is 1. The molecule has 4 atom stereocenters. The van der Waals surface area contributed by atoms with Crippen LogP contribution in [0.5, 0.6) is 0 Å². The van der Waals surface area contributed by atoms with Crippen LogP contribution in [0.4, 0.5) is 5.82 Å². The normalized spacial score (nSPS) is 34.0. The molecule has 2 aliphatic heterocycles. The van der Waals surface area contributed by atoms with Gasteiger partial charge in [0.05, 0.1) is 12.9 Å². The van der Waals surface area contributed by atoms with Crippen LogP contribution < -0.4 is 5.73 Å². The van der Waals surface area contributed by atoms with Gasteiger partial charge >= 0.3 is 0 Å². The molecule has 4 heterocycles. The molecule has 10 heteroatoms. The van der Waals surface area contributed by atoms with Gasteiger partial charge in [-0.25, -0.2) is 15.0 Å². The van der Waals surface area contributed by atoms with Crippen molar-refractivity contribution < 1.29 is 19.7 Å². The van der Waals surface area contributed by atoms with Gasteiger partial charge in [-0.2, -0.15) is 0 Å². The summed E-state index contributed by atoms with van der Waals surface area (Å²) in [6.07, 6.45) is 0.911. The summed E-state index contributed by atoms with van der Waals surface area (Å²) in [5, 5.41) is 19.9. The van der Waals surface area contributed by atoms with Crippen LogP contribution in [0.3, 0.4) is 0 Å². The molecule has 0 aliphatic carbocycles. The predicted molar refractivity (Wildman–Crippen MR) is 72.2 cm³/mol. The van der Waals surface area contributed by atoms with E-state index in [-0.39, 0.29) is 5.82 Å². The Morgan fingerprint density at radius 2 is 2.23 bits per heavy atom. The van der Waals surface area contributed by atoms with Gasteiger partial charge < -0.3 is 25.6 Å². The summed E-state index contributed by atoms with van der Waals surface area (Å²) < 4.78 is 7.30. The first-order chi connectivity index (χ1) is 10.5. The highest BCUT2D eigenvalue weighted by Crippen LogP contribution is 2.47. The van der Waals surface area contributed by atoms with E-state index in [2.05, 4.69) is 15.0 Å². The molecule has 2 aliphatic rings. The van der Waals surface area contributed by atoms with Crippen LogP contribution in [0.25, 0.3) is 11.2 Å². The first-order valence-corrected chi connectivity index (χ1v) is 6.68. The number of amides is 1. The third-order valence-corrected chi connectivity index (χ3v) is 4.45. The van der Waals surface area contributed by atoms with Crippen molar-refractivity contribution in [1.29, 1.82) is 0 Å². The van der Waals surface area contributed by atoms with Gasteiger partial charge in [0.15, 0.2) is 23.3 Å². The predicted octanol–water partition coefficient (Wildman–Crippen LogP) is -2.13. The SMILES string of the molecule is CN1C(=O)[C@]2(CO)O[C@@H](n3cnc4c(N)ncnc43)C1C2O. The minimum absolute atomic E-state index is 0.230. The number of nitrogens with two attached hydrogens (primary N) is 1. The second-order valence-electron chi connectivity index (χ2n) is 5.49. The highest BCUT2D eigenvalue weighted by Gasteiger charge is 2.68. The van der Waals surface area contributed by atoms with Crippen LogP contribution in [-0.4, -0.2) is 71.9 Å². The lowest BCUT2D eigenvalue weighted by Crippen LogP contribution is -2.51. The molecule has 0 aromatic carbocycles. The fraction of sp³-hybridized carbons (Fsp3) is 0.500. The highest BCUT2D eigenvalue weighted by molar-refractivity contribution is 5.90. The number of carbonyl (C=O) groups excluding carboxylic acids is 1. The number of nitrogens with zero attached hydrogens (tertiary/aromatic N) is 5. The fourth-order valence-corrected chi connectivity index (χ4v) is 3.28. The van der Waals surface area contributed by atoms with Crippen molar-refractivity contribution in [3.05, 3.63) is 12.7 Å². The zero-order chi connectivity index (χ0) is 15.6. The molecule has 2 saturated heterocycles. The van der Waals surface area contributed by atoms with E-state index in [1.54, 1.807) is 11.6 Å². The standard InChI is InChI=1S/C12H14N6O4/c1-17-6-7(20)12(2-19,11(17)21)22-10(6)18-4-16-5-8(13)14-3-15-9(5)18/h3-4,6-7,10,19-20H,2H2,1H3,(H2,13,14,15)/t6?,7?,10-,12-/m1/s1. The average Bonchev–Trinajstić information content (AvgIpc) is 3.11. The molecule has 2 bridgehead atoms. The molecule has 2 unspecified atom stereocenters. The number of likely N-dealkylation sites (tertiary alicyclic amines) is 1. The van der Waals surface area contributed by atoms with Gasteiger partial charge in [0, 0.05) is 7.05 Å². The van der Waals surface area contributed by atoms with E-state index in [1.807, 2.05) is 0 Å². The molecule has 2 aromatic rings. The summed E-state index contributed by atoms with van der Waals surface area (Å²) in [4.78, 5) is 25.7. The number of anilines is 1. The van der Waals surface area contributed by atoms with Gasteiger partial charge in [-0.05, 0) is 0 Å². The third-order valence-electron chi connectivity index (χ3n) is 4.45. The number of hydrogen-bond acceptors (Lipinski definition) is 8. The summed E-state index contributed by atoms with van der Waals surface area (Å²) in [7, 11) is 1.56. The Bertz CT molecular complexity index is 778. The molecule has 1 amide bonds. The summed E-state index contributed by atoms with van der Waals surface area (Å²) in [5.41, 5.74) is 4.96. The summed E-state index contributed by atoms with van der Waals surface area (Å²) in [6.45, 7) is -0.603. The smallest absolute Gasteiger partial charge is 0.260 e. The molecule has 4 N–H and O–H groups in total. The van der Waals surface area contributed by atoms with Crippen LogP contribution in [0, 0.1) is 0 Å². The molecule has 4 rings (SSSR count). The quantitative estimate of drug-likeness (QED) is 0.571. The van der Waals surface area contributed by atoms with Crippen LogP contribution in [0.2, 0.25) is 0 Å². The minimum atomic E-state index is -1.64. The fourth-order valence-electron chi connectivity index (χ4n) is 3.28. The molecule has 2 fully saturated rings. The number of aliphatic hydroxyl groups excluding tert-OH is 2. The van der Waals surface area contributed by atoms with Crippen molar-refractivity contribution in [2.24, 2.45) is 0 Å². The van der Waals surface area contributed by atoms with Crippen LogP contribution in [-0.2, 0) is 9.53 Å². The second-order valence-corrected chi connectivity index (χ2v) is 5.49. The van der Waals surface area contributed by atoms with Crippen molar-refractivity contribution >= 4 is 22.9 Å². The van der Waals surface area contributed by atoms with Crippen molar-refractivity contribution in [3.8, 4) is 0 Å². The summed E-state index contributed by atoms with van der Waals surface area (Å²) in [5.74, 6) is -0.212. The van der Waals surface area contributed by atoms with E-state index >= 15 is 0 Å². The Kier molecular flexibility index (Phi) is 2.50. The van der Waals surface area contributed by atoms with Gasteiger partial charge in [0.25, 0.3) is 5.91 Å². The van der Waals surface area contributed by atoms with Crippen LogP contribution in [0.15, 0.2) is 12.7 Å². The first kappa shape index (κ1) is 13.4. The van der Waals surface area contributed by atoms with Crippen LogP contribution in [0.1, 0.15) is 6.23 Å². The van der Waals surface area contributed by atoms with Gasteiger partial charge in [0.2, 0.25) is 0 Å². The number of ether oxygens (including phenoxy) is 1. The highest BCUT2D eigenvalue weighted by atomic mass is 16.6. The zero-order valence-electron chi connectivity index (χ0n) is 11.6. The van der Waals surface area contributed by atoms with Crippen LogP contribution >= 0.6 is 0 Å². The molecule has 0 radical (unpaired) electrons. The van der Waals surface area contributed by atoms with Crippen molar-refractivity contribution in [1.82, 2.24) is 24.4 Å². The molecule has 0 spiro atoms. The number of likely N-dealkylation sites (N-methyl/N-ethyl adjacent to an activating group) is 1. The van der Waals surface area contributed by atoms with Gasteiger partial charge in [-0.3, -0.25) is 9.36 Å². The number of fused-ring (bicyclic) bond motifs is 3. The van der Waals surface area contributed by atoms with E-state index in [0.29, 0.717) is 11.2 Å². The Morgan fingerprint density at radius 1 is 1.45 bits per heavy atom. The van der Waals surface area contributed by atoms with E-state index in [1.165, 1.54) is 17.6 Å². The number of imidazole rings is 1. The Hall–Kier alpha value is -2.30. The van der Waals surface area contributed by atoms with E-state index in [0.717, 1.165) is 0 Å². The maximum Gasteiger partial charge on any atom is 0.260 e. The Balaban J connectivity index is 1.85. The molecule has 116 valence electrons. The van der Waals surface area contributed by atoms with E-state index in [4.69, 9.17) is 10.5 Å². The maximum atomic E-state index is 12.2. The minimum Gasteiger partial charge on any atom is -0.393 e. The largest absolute Gasteiger partial charge is 0.393 e. The monoisotopic (exact) mass is 306 g/mol. The number of nitrogen functional groups attached to an aromatic ring is 1. The number of aliphatic hydroxyl groups is 2. The lowest BCUT2D eigenvalue weighted by molar-refractivity contribution is -0.181. The van der Waals surface area contributed by atoms with Gasteiger partial charge in [-0.1, -0.05) is 0 Å². The zero-order valence-corrected chi connectivity index (χ0v) is 11.6. The van der Waals surface area contributed by atoms with E-state index in [9.17, 15) is 15.0 Å². The van der Waals surface area contributed by atoms with Crippen molar-refractivity contribution in [2.45, 2.75) is 24.0 Å². The molecular formula is C12H14N6O4. The summed E-state index contributed by atoms with van der Waals surface area (Å²) >= 11 is 0. The number of hydrogen-bond donors (Lipinski definition) is 3. The van der Waals surface area contributed by atoms with Crippen molar-refractivity contribution in [2.75, 3.05) is 19.4 Å². The number of rotatable bonds is 2. The van der Waals surface area contributed by atoms with Gasteiger partial charge in [-0.15, -0.1) is 0 Å². The van der Waals surface area contributed by atoms with Gasteiger partial charge in [0.1, 0.15) is 24.0 Å². The molecule has 0 saturated carbocycles. The topological polar surface area (TPSA) is 140 Å². The summed E-state index contributed by atoms with van der Waals surface area (Å²) in [6, 6.07) is -0.645. The lowest BCUT2D eigenvalue weighted by atomic mass is 10.00. The van der Waals surface area contributed by atoms with E-state index < -0.39 is 36.5 Å². The Labute approximate surface area is 124 Å². The molecular weight excluding hydrogens is 292 g/mol. The first-order valence-electron chi connectivity index (χ1n) is 6.68. The lowest BCUT2D eigenvalue weighted by Gasteiger charge is -2.33. The number of morpholine rings is 1. The Morgan fingerprint density at radius 3 is 2.91 bits per heavy atom. The number of aromatic nitrogens is 4. The molecule has 10 nitrogen and oxygen atoms in total.